The van der Waals surface area contributed by atoms with Crippen LogP contribution in [0.2, 0.25) is 0 Å². The van der Waals surface area contributed by atoms with E-state index in [-0.39, 0.29) is 5.97 Å². The van der Waals surface area contributed by atoms with Crippen molar-refractivity contribution >= 4 is 17.4 Å². The zero-order valence-electron chi connectivity index (χ0n) is 18.8. The van der Waals surface area contributed by atoms with Crippen LogP contribution in [-0.2, 0) is 4.79 Å². The molecule has 168 valence electrons. The van der Waals surface area contributed by atoms with Gasteiger partial charge in [-0.15, -0.1) is 0 Å². The zero-order valence-corrected chi connectivity index (χ0v) is 18.8. The van der Waals surface area contributed by atoms with Crippen LogP contribution in [0.1, 0.15) is 70.6 Å². The molecule has 1 aromatic carbocycles. The molecule has 2 aliphatic carbocycles. The van der Waals surface area contributed by atoms with Gasteiger partial charge < -0.3 is 10.1 Å². The third-order valence-corrected chi connectivity index (χ3v) is 7.07. The van der Waals surface area contributed by atoms with Crippen LogP contribution in [0.5, 0.6) is 5.75 Å². The van der Waals surface area contributed by atoms with Gasteiger partial charge in [-0.25, -0.2) is 4.98 Å². The van der Waals surface area contributed by atoms with Gasteiger partial charge in [0, 0.05) is 24.2 Å². The fraction of sp³-hybridized carbons (Fsp3) is 0.481. The molecule has 0 bridgehead atoms. The Morgan fingerprint density at radius 3 is 2.50 bits per heavy atom. The first-order valence-electron chi connectivity index (χ1n) is 12.3. The summed E-state index contributed by atoms with van der Waals surface area (Å²) in [5, 5.41) is 3.78. The van der Waals surface area contributed by atoms with Crippen LogP contribution in [0.3, 0.4) is 0 Å². The van der Waals surface area contributed by atoms with Crippen molar-refractivity contribution in [3.05, 3.63) is 48.7 Å². The molecule has 2 saturated carbocycles. The maximum atomic E-state index is 12.3. The predicted octanol–water partition coefficient (Wildman–Crippen LogP) is 6.62. The highest BCUT2D eigenvalue weighted by molar-refractivity contribution is 5.77. The standard InChI is InChI=1S/C27H33N3O2/c31-25(18-13-20-8-4-5-9-20)32-23-16-14-21(15-17-23)26-27(28-22-10-2-1-3-11-22)30-19-7-6-12-24(30)29-26/h6-7,12,14-17,19-20,22,28H,1-5,8-11,13,18H2. The Morgan fingerprint density at radius 1 is 0.969 bits per heavy atom. The third kappa shape index (κ3) is 4.82. The Kier molecular flexibility index (Phi) is 6.42. The number of pyridine rings is 1. The monoisotopic (exact) mass is 431 g/mol. The normalized spacial score (nSPS) is 17.6. The van der Waals surface area contributed by atoms with Gasteiger partial charge >= 0.3 is 5.97 Å². The van der Waals surface area contributed by atoms with E-state index in [4.69, 9.17) is 9.72 Å². The van der Waals surface area contributed by atoms with Crippen LogP contribution in [0.15, 0.2) is 48.7 Å². The van der Waals surface area contributed by atoms with E-state index in [2.05, 4.69) is 15.9 Å². The van der Waals surface area contributed by atoms with Crippen LogP contribution in [0.4, 0.5) is 5.82 Å². The molecular weight excluding hydrogens is 398 g/mol. The van der Waals surface area contributed by atoms with Gasteiger partial charge in [0.15, 0.2) is 0 Å². The maximum absolute atomic E-state index is 12.3. The second-order valence-electron chi connectivity index (χ2n) is 9.40. The van der Waals surface area contributed by atoms with Crippen molar-refractivity contribution in [2.45, 2.75) is 76.7 Å². The van der Waals surface area contributed by atoms with Gasteiger partial charge in [-0.05, 0) is 61.6 Å². The number of esters is 1. The van der Waals surface area contributed by atoms with E-state index in [0.717, 1.165) is 29.1 Å². The average Bonchev–Trinajstić information content (AvgIpc) is 3.47. The number of carbonyl (C=O) groups is 1. The highest BCUT2D eigenvalue weighted by Gasteiger charge is 2.20. The van der Waals surface area contributed by atoms with E-state index < -0.39 is 0 Å². The number of carbonyl (C=O) groups excluding carboxylic acids is 1. The molecule has 0 unspecified atom stereocenters. The number of hydrogen-bond donors (Lipinski definition) is 1. The summed E-state index contributed by atoms with van der Waals surface area (Å²) in [5.41, 5.74) is 2.90. The molecule has 5 rings (SSSR count). The Morgan fingerprint density at radius 2 is 1.72 bits per heavy atom. The SMILES string of the molecule is O=C(CCC1CCCC1)Oc1ccc(-c2nc3ccccn3c2NC2CCCCC2)cc1. The summed E-state index contributed by atoms with van der Waals surface area (Å²) in [6.45, 7) is 0. The molecule has 2 heterocycles. The first kappa shape index (κ1) is 21.0. The molecule has 0 amide bonds. The third-order valence-electron chi connectivity index (χ3n) is 7.07. The van der Waals surface area contributed by atoms with Crippen LogP contribution in [0, 0.1) is 5.92 Å². The first-order chi connectivity index (χ1) is 15.8. The average molecular weight is 432 g/mol. The summed E-state index contributed by atoms with van der Waals surface area (Å²) >= 11 is 0. The van der Waals surface area contributed by atoms with Gasteiger partial charge in [-0.1, -0.05) is 51.0 Å². The van der Waals surface area contributed by atoms with Crippen molar-refractivity contribution in [1.82, 2.24) is 9.38 Å². The van der Waals surface area contributed by atoms with Gasteiger partial charge in [0.1, 0.15) is 22.9 Å². The number of hydrogen-bond acceptors (Lipinski definition) is 4. The number of benzene rings is 1. The summed E-state index contributed by atoms with van der Waals surface area (Å²) in [4.78, 5) is 17.2. The minimum atomic E-state index is -0.128. The molecule has 0 aliphatic heterocycles. The molecule has 0 saturated heterocycles. The van der Waals surface area contributed by atoms with E-state index in [0.29, 0.717) is 24.1 Å². The summed E-state index contributed by atoms with van der Waals surface area (Å²) in [6, 6.07) is 14.4. The van der Waals surface area contributed by atoms with Crippen molar-refractivity contribution in [3.63, 3.8) is 0 Å². The number of nitrogens with one attached hydrogen (secondary N) is 1. The summed E-state index contributed by atoms with van der Waals surface area (Å²) in [7, 11) is 0. The summed E-state index contributed by atoms with van der Waals surface area (Å²) < 4.78 is 7.74. The minimum absolute atomic E-state index is 0.128. The van der Waals surface area contributed by atoms with Crippen LogP contribution in [0.25, 0.3) is 16.9 Å². The van der Waals surface area contributed by atoms with E-state index in [1.165, 1.54) is 57.8 Å². The van der Waals surface area contributed by atoms with Crippen molar-refractivity contribution in [2.75, 3.05) is 5.32 Å². The van der Waals surface area contributed by atoms with E-state index >= 15 is 0 Å². The second-order valence-corrected chi connectivity index (χ2v) is 9.40. The Hall–Kier alpha value is -2.82. The molecule has 2 fully saturated rings. The Labute approximate surface area is 190 Å². The molecular formula is C27H33N3O2. The highest BCUT2D eigenvalue weighted by atomic mass is 16.5. The lowest BCUT2D eigenvalue weighted by molar-refractivity contribution is -0.134. The van der Waals surface area contributed by atoms with Crippen molar-refractivity contribution in [1.29, 1.82) is 0 Å². The van der Waals surface area contributed by atoms with E-state index in [1.807, 2.05) is 42.5 Å². The summed E-state index contributed by atoms with van der Waals surface area (Å²) in [6.07, 6.45) is 15.0. The van der Waals surface area contributed by atoms with Crippen LogP contribution < -0.4 is 10.1 Å². The van der Waals surface area contributed by atoms with E-state index in [9.17, 15) is 4.79 Å². The number of fused-ring (bicyclic) bond motifs is 1. The van der Waals surface area contributed by atoms with Gasteiger partial charge in [0.25, 0.3) is 0 Å². The quantitative estimate of drug-likeness (QED) is 0.337. The maximum Gasteiger partial charge on any atom is 0.311 e. The van der Waals surface area contributed by atoms with Crippen LogP contribution in [-0.4, -0.2) is 21.4 Å². The van der Waals surface area contributed by atoms with Crippen LogP contribution >= 0.6 is 0 Å². The van der Waals surface area contributed by atoms with Gasteiger partial charge in [0.2, 0.25) is 0 Å². The van der Waals surface area contributed by atoms with Gasteiger partial charge in [0.05, 0.1) is 0 Å². The fourth-order valence-corrected chi connectivity index (χ4v) is 5.26. The van der Waals surface area contributed by atoms with Crippen molar-refractivity contribution in [3.8, 4) is 17.0 Å². The smallest absolute Gasteiger partial charge is 0.311 e. The molecule has 1 N–H and O–H groups in total. The van der Waals surface area contributed by atoms with Gasteiger partial charge in [-0.2, -0.15) is 0 Å². The Bertz CT molecular complexity index is 1040. The number of nitrogens with zero attached hydrogens (tertiary/aromatic N) is 2. The van der Waals surface area contributed by atoms with E-state index in [1.54, 1.807) is 0 Å². The first-order valence-corrected chi connectivity index (χ1v) is 12.3. The predicted molar refractivity (Wildman–Crippen MR) is 128 cm³/mol. The van der Waals surface area contributed by atoms with Crippen molar-refractivity contribution in [2.24, 2.45) is 5.92 Å². The molecule has 0 atom stereocenters. The molecule has 5 heteroatoms. The van der Waals surface area contributed by atoms with Crippen molar-refractivity contribution < 1.29 is 9.53 Å². The molecule has 5 nitrogen and oxygen atoms in total. The molecule has 32 heavy (non-hydrogen) atoms. The molecule has 0 spiro atoms. The summed E-state index contributed by atoms with van der Waals surface area (Å²) in [5.74, 6) is 2.23. The lowest BCUT2D eigenvalue weighted by atomic mass is 9.95. The molecule has 3 aromatic rings. The topological polar surface area (TPSA) is 55.6 Å². The number of ether oxygens (including phenoxy) is 1. The number of anilines is 1. The minimum Gasteiger partial charge on any atom is -0.427 e. The number of imidazole rings is 1. The lowest BCUT2D eigenvalue weighted by Gasteiger charge is -2.24. The van der Waals surface area contributed by atoms with Gasteiger partial charge in [-0.3, -0.25) is 9.20 Å². The fourth-order valence-electron chi connectivity index (χ4n) is 5.26. The lowest BCUT2D eigenvalue weighted by Crippen LogP contribution is -2.23. The highest BCUT2D eigenvalue weighted by Crippen LogP contribution is 2.33. The molecule has 2 aromatic heterocycles. The molecule has 0 radical (unpaired) electrons. The molecule has 2 aliphatic rings. The zero-order chi connectivity index (χ0) is 21.8. The number of aromatic nitrogens is 2. The Balaban J connectivity index is 1.31. The second kappa shape index (κ2) is 9.76. The largest absolute Gasteiger partial charge is 0.427 e. The number of rotatable bonds is 7.